The Morgan fingerprint density at radius 1 is 1.13 bits per heavy atom. The van der Waals surface area contributed by atoms with Crippen LogP contribution in [0.15, 0.2) is 63.8 Å². The molecule has 0 bridgehead atoms. The monoisotopic (exact) mass is 311 g/mol. The smallest absolute Gasteiger partial charge is 0.336 e. The summed E-state index contributed by atoms with van der Waals surface area (Å²) in [5, 5.41) is 12.9. The maximum Gasteiger partial charge on any atom is 0.336 e. The first-order chi connectivity index (χ1) is 11.1. The molecule has 3 aromatic rings. The lowest BCUT2D eigenvalue weighted by Crippen LogP contribution is -2.20. The zero-order valence-electron chi connectivity index (χ0n) is 12.0. The Labute approximate surface area is 130 Å². The predicted molar refractivity (Wildman–Crippen MR) is 84.7 cm³/mol. The molecular weight excluding hydrogens is 298 g/mol. The summed E-state index contributed by atoms with van der Waals surface area (Å²) in [5.41, 5.74) is 0.244. The maximum absolute atomic E-state index is 11.8. The number of phenols is 1. The van der Waals surface area contributed by atoms with Crippen LogP contribution in [-0.2, 0) is 4.79 Å². The predicted octanol–water partition coefficient (Wildman–Crippen LogP) is 2.52. The van der Waals surface area contributed by atoms with E-state index in [4.69, 9.17) is 9.15 Å². The summed E-state index contributed by atoms with van der Waals surface area (Å²) in [4.78, 5) is 23.0. The number of hydrogen-bond acceptors (Lipinski definition) is 5. The van der Waals surface area contributed by atoms with Gasteiger partial charge in [-0.2, -0.15) is 0 Å². The number of hydrogen-bond donors (Lipinski definition) is 2. The molecule has 0 spiro atoms. The van der Waals surface area contributed by atoms with Crippen molar-refractivity contribution < 1.29 is 19.1 Å². The van der Waals surface area contributed by atoms with E-state index in [1.807, 2.05) is 0 Å². The highest BCUT2D eigenvalue weighted by Crippen LogP contribution is 2.22. The SMILES string of the molecule is O=C(COc1ccc2ccc(=O)oc2c1)Nc1ccccc1O. The third-order valence-electron chi connectivity index (χ3n) is 3.14. The number of phenolic OH excluding ortho intramolecular Hbond substituents is 1. The number of aromatic hydroxyl groups is 1. The summed E-state index contributed by atoms with van der Waals surface area (Å²) in [6.07, 6.45) is 0. The highest BCUT2D eigenvalue weighted by atomic mass is 16.5. The van der Waals surface area contributed by atoms with Crippen LogP contribution in [-0.4, -0.2) is 17.6 Å². The fourth-order valence-electron chi connectivity index (χ4n) is 2.05. The van der Waals surface area contributed by atoms with E-state index in [-0.39, 0.29) is 12.4 Å². The molecule has 0 fully saturated rings. The van der Waals surface area contributed by atoms with Crippen LogP contribution >= 0.6 is 0 Å². The number of benzene rings is 2. The summed E-state index contributed by atoms with van der Waals surface area (Å²) in [6, 6.07) is 14.3. The Morgan fingerprint density at radius 3 is 2.74 bits per heavy atom. The number of para-hydroxylation sites is 2. The molecule has 1 aromatic heterocycles. The minimum atomic E-state index is -0.452. The van der Waals surface area contributed by atoms with E-state index in [0.29, 0.717) is 17.0 Å². The normalized spacial score (nSPS) is 10.4. The third kappa shape index (κ3) is 3.49. The summed E-state index contributed by atoms with van der Waals surface area (Å²) in [6.45, 7) is -0.239. The number of amides is 1. The topological polar surface area (TPSA) is 88.8 Å². The Morgan fingerprint density at radius 2 is 1.91 bits per heavy atom. The average Bonchev–Trinajstić information content (AvgIpc) is 2.54. The summed E-state index contributed by atoms with van der Waals surface area (Å²) in [7, 11) is 0. The van der Waals surface area contributed by atoms with Gasteiger partial charge in [-0.3, -0.25) is 4.79 Å². The van der Waals surface area contributed by atoms with Crippen LogP contribution < -0.4 is 15.7 Å². The zero-order valence-corrected chi connectivity index (χ0v) is 12.0. The second kappa shape index (κ2) is 6.23. The van der Waals surface area contributed by atoms with E-state index in [1.165, 1.54) is 12.1 Å². The van der Waals surface area contributed by atoms with Crippen LogP contribution in [0.25, 0.3) is 11.0 Å². The molecule has 0 atom stereocenters. The van der Waals surface area contributed by atoms with Gasteiger partial charge < -0.3 is 19.6 Å². The van der Waals surface area contributed by atoms with Crippen LogP contribution in [0, 0.1) is 0 Å². The summed E-state index contributed by atoms with van der Waals surface area (Å²) >= 11 is 0. The molecule has 1 heterocycles. The number of ether oxygens (including phenoxy) is 1. The molecule has 6 heteroatoms. The third-order valence-corrected chi connectivity index (χ3v) is 3.14. The second-order valence-corrected chi connectivity index (χ2v) is 4.81. The van der Waals surface area contributed by atoms with Gasteiger partial charge in [0.1, 0.15) is 17.1 Å². The quantitative estimate of drug-likeness (QED) is 0.571. The molecule has 0 aliphatic heterocycles. The Bertz CT molecular complexity index is 916. The van der Waals surface area contributed by atoms with E-state index in [1.54, 1.807) is 42.5 Å². The van der Waals surface area contributed by atoms with Crippen LogP contribution in [0.5, 0.6) is 11.5 Å². The number of anilines is 1. The van der Waals surface area contributed by atoms with Gasteiger partial charge in [-0.1, -0.05) is 12.1 Å². The van der Waals surface area contributed by atoms with Gasteiger partial charge in [-0.05, 0) is 30.3 Å². The molecule has 3 rings (SSSR count). The van der Waals surface area contributed by atoms with Crippen molar-refractivity contribution in [2.75, 3.05) is 11.9 Å². The van der Waals surface area contributed by atoms with E-state index in [2.05, 4.69) is 5.32 Å². The van der Waals surface area contributed by atoms with Crippen molar-refractivity contribution in [2.24, 2.45) is 0 Å². The molecule has 23 heavy (non-hydrogen) atoms. The molecule has 0 unspecified atom stereocenters. The van der Waals surface area contributed by atoms with Gasteiger partial charge in [0, 0.05) is 17.5 Å². The number of fused-ring (bicyclic) bond motifs is 1. The molecule has 0 saturated carbocycles. The standard InChI is InChI=1S/C17H13NO5/c19-14-4-2-1-3-13(14)18-16(20)10-22-12-7-5-11-6-8-17(21)23-15(11)9-12/h1-9,19H,10H2,(H,18,20). The largest absolute Gasteiger partial charge is 0.506 e. The fraction of sp³-hybridized carbons (Fsp3) is 0.0588. The molecule has 0 aliphatic carbocycles. The second-order valence-electron chi connectivity index (χ2n) is 4.81. The first-order valence-corrected chi connectivity index (χ1v) is 6.86. The molecule has 2 N–H and O–H groups in total. The Hall–Kier alpha value is -3.28. The van der Waals surface area contributed by atoms with Gasteiger partial charge in [0.05, 0.1) is 5.69 Å². The van der Waals surface area contributed by atoms with Crippen molar-refractivity contribution in [3.05, 3.63) is 65.0 Å². The zero-order chi connectivity index (χ0) is 16.2. The first-order valence-electron chi connectivity index (χ1n) is 6.86. The number of carbonyl (C=O) groups excluding carboxylic acids is 1. The molecule has 0 aliphatic rings. The van der Waals surface area contributed by atoms with Crippen molar-refractivity contribution in [3.8, 4) is 11.5 Å². The number of carbonyl (C=O) groups is 1. The molecule has 0 radical (unpaired) electrons. The van der Waals surface area contributed by atoms with Crippen molar-refractivity contribution in [1.82, 2.24) is 0 Å². The van der Waals surface area contributed by atoms with Gasteiger partial charge >= 0.3 is 5.63 Å². The lowest BCUT2D eigenvalue weighted by Gasteiger charge is -2.09. The highest BCUT2D eigenvalue weighted by Gasteiger charge is 2.07. The first kappa shape index (κ1) is 14.6. The fourth-order valence-corrected chi connectivity index (χ4v) is 2.05. The lowest BCUT2D eigenvalue weighted by molar-refractivity contribution is -0.118. The maximum atomic E-state index is 11.8. The molecule has 0 saturated heterocycles. The van der Waals surface area contributed by atoms with Gasteiger partial charge in [0.15, 0.2) is 6.61 Å². The average molecular weight is 311 g/mol. The molecule has 2 aromatic carbocycles. The highest BCUT2D eigenvalue weighted by molar-refractivity contribution is 5.93. The van der Waals surface area contributed by atoms with Gasteiger partial charge in [0.25, 0.3) is 5.91 Å². The van der Waals surface area contributed by atoms with Crippen molar-refractivity contribution >= 4 is 22.6 Å². The van der Waals surface area contributed by atoms with E-state index in [0.717, 1.165) is 5.39 Å². The van der Waals surface area contributed by atoms with Gasteiger partial charge in [-0.15, -0.1) is 0 Å². The van der Waals surface area contributed by atoms with Gasteiger partial charge in [0.2, 0.25) is 0 Å². The van der Waals surface area contributed by atoms with E-state index < -0.39 is 11.5 Å². The summed E-state index contributed by atoms with van der Waals surface area (Å²) in [5.74, 6) is -0.0336. The molecular formula is C17H13NO5. The lowest BCUT2D eigenvalue weighted by atomic mass is 10.2. The minimum Gasteiger partial charge on any atom is -0.506 e. The summed E-state index contributed by atoms with van der Waals surface area (Å²) < 4.78 is 10.4. The molecule has 1 amide bonds. The van der Waals surface area contributed by atoms with Crippen LogP contribution in [0.3, 0.4) is 0 Å². The molecule has 6 nitrogen and oxygen atoms in total. The van der Waals surface area contributed by atoms with E-state index >= 15 is 0 Å². The van der Waals surface area contributed by atoms with E-state index in [9.17, 15) is 14.7 Å². The van der Waals surface area contributed by atoms with Crippen molar-refractivity contribution in [2.45, 2.75) is 0 Å². The van der Waals surface area contributed by atoms with Crippen molar-refractivity contribution in [1.29, 1.82) is 0 Å². The Kier molecular flexibility index (Phi) is 3.97. The molecule has 116 valence electrons. The van der Waals surface area contributed by atoms with Crippen LogP contribution in [0.2, 0.25) is 0 Å². The van der Waals surface area contributed by atoms with Crippen LogP contribution in [0.4, 0.5) is 5.69 Å². The number of nitrogens with one attached hydrogen (secondary N) is 1. The van der Waals surface area contributed by atoms with Crippen molar-refractivity contribution in [3.63, 3.8) is 0 Å². The number of rotatable bonds is 4. The Balaban J connectivity index is 1.67. The van der Waals surface area contributed by atoms with Crippen LogP contribution in [0.1, 0.15) is 0 Å². The minimum absolute atomic E-state index is 0.0201. The van der Waals surface area contributed by atoms with Gasteiger partial charge in [-0.25, -0.2) is 4.79 Å².